The third kappa shape index (κ3) is 2.08. The summed E-state index contributed by atoms with van der Waals surface area (Å²) in [6.07, 6.45) is 2.60. The number of hydrogen-bond donors (Lipinski definition) is 0. The van der Waals surface area contributed by atoms with E-state index in [2.05, 4.69) is 20.8 Å². The lowest BCUT2D eigenvalue weighted by Crippen LogP contribution is -2.10. The minimum absolute atomic E-state index is 0.00564. The molecule has 3 rings (SSSR count). The second kappa shape index (κ2) is 4.48. The summed E-state index contributed by atoms with van der Waals surface area (Å²) in [5.41, 5.74) is 4.38. The highest BCUT2D eigenvalue weighted by Gasteiger charge is 2.23. The highest BCUT2D eigenvalue weighted by atomic mass is 16.4. The van der Waals surface area contributed by atoms with E-state index in [4.69, 9.17) is 8.83 Å². The zero-order valence-corrected chi connectivity index (χ0v) is 13.2. The minimum atomic E-state index is -0.305. The van der Waals surface area contributed by atoms with E-state index in [1.807, 2.05) is 26.2 Å². The molecule has 2 heterocycles. The fraction of sp³-hybridized carbons (Fsp3) is 0.389. The van der Waals surface area contributed by atoms with Crippen molar-refractivity contribution in [1.29, 1.82) is 0 Å². The second-order valence-electron chi connectivity index (χ2n) is 6.61. The van der Waals surface area contributed by atoms with E-state index < -0.39 is 0 Å². The lowest BCUT2D eigenvalue weighted by atomic mass is 9.85. The van der Waals surface area contributed by atoms with E-state index in [1.165, 1.54) is 5.56 Å². The Labute approximate surface area is 123 Å². The first-order valence-corrected chi connectivity index (χ1v) is 7.31. The molecule has 0 amide bonds. The molecule has 3 nitrogen and oxygen atoms in total. The van der Waals surface area contributed by atoms with Crippen molar-refractivity contribution in [3.8, 4) is 0 Å². The predicted octanol–water partition coefficient (Wildman–Crippen LogP) is 4.71. The molecule has 3 aromatic rings. The van der Waals surface area contributed by atoms with Crippen molar-refractivity contribution in [1.82, 2.24) is 0 Å². The van der Waals surface area contributed by atoms with Gasteiger partial charge in [0, 0.05) is 17.0 Å². The van der Waals surface area contributed by atoms with Crippen molar-refractivity contribution in [2.45, 2.75) is 46.5 Å². The molecule has 0 atom stereocenters. The first-order chi connectivity index (χ1) is 9.82. The van der Waals surface area contributed by atoms with Gasteiger partial charge in [0.1, 0.15) is 11.2 Å². The molecular formula is C18H20O3. The first-order valence-electron chi connectivity index (χ1n) is 7.31. The Hall–Kier alpha value is -2.03. The largest absolute Gasteiger partial charge is 0.463 e. The van der Waals surface area contributed by atoms with Gasteiger partial charge in [-0.15, -0.1) is 0 Å². The Morgan fingerprint density at radius 3 is 2.48 bits per heavy atom. The van der Waals surface area contributed by atoms with E-state index in [9.17, 15) is 4.79 Å². The van der Waals surface area contributed by atoms with Gasteiger partial charge in [-0.25, -0.2) is 4.79 Å². The van der Waals surface area contributed by atoms with E-state index in [-0.39, 0.29) is 11.0 Å². The molecule has 0 saturated heterocycles. The fourth-order valence-electron chi connectivity index (χ4n) is 2.95. The van der Waals surface area contributed by atoms with Gasteiger partial charge in [0.25, 0.3) is 0 Å². The van der Waals surface area contributed by atoms with Gasteiger partial charge in [0.2, 0.25) is 0 Å². The molecule has 0 fully saturated rings. The lowest BCUT2D eigenvalue weighted by molar-refractivity contribution is 0.553. The third-order valence-corrected chi connectivity index (χ3v) is 4.02. The van der Waals surface area contributed by atoms with Crippen molar-refractivity contribution >= 4 is 21.9 Å². The normalized spacial score (nSPS) is 12.4. The molecule has 0 saturated carbocycles. The standard InChI is InChI=1S/C18H20O3/c1-6-11-8-14(19)21-13-7-10(2)15-12(18(3,4)5)9-20-17(15)16(11)13/h7-9H,6H2,1-5H3. The highest BCUT2D eigenvalue weighted by molar-refractivity contribution is 6.06. The SMILES string of the molecule is CCc1cc(=O)oc2cc(C)c3c(C(C)(C)C)coc3c12. The van der Waals surface area contributed by atoms with Crippen LogP contribution in [0.15, 0.2) is 32.0 Å². The summed E-state index contributed by atoms with van der Waals surface area (Å²) in [6, 6.07) is 3.51. The Balaban J connectivity index is 2.55. The van der Waals surface area contributed by atoms with Crippen LogP contribution in [0.4, 0.5) is 0 Å². The van der Waals surface area contributed by atoms with Crippen LogP contribution in [0.5, 0.6) is 0 Å². The fourth-order valence-corrected chi connectivity index (χ4v) is 2.95. The number of furan rings is 1. The van der Waals surface area contributed by atoms with Gasteiger partial charge in [-0.3, -0.25) is 0 Å². The summed E-state index contributed by atoms with van der Waals surface area (Å²) in [7, 11) is 0. The van der Waals surface area contributed by atoms with Crippen molar-refractivity contribution in [2.24, 2.45) is 0 Å². The molecule has 21 heavy (non-hydrogen) atoms. The Kier molecular flexibility index (Phi) is 2.97. The second-order valence-corrected chi connectivity index (χ2v) is 6.61. The number of fused-ring (bicyclic) bond motifs is 3. The van der Waals surface area contributed by atoms with Gasteiger partial charge in [-0.1, -0.05) is 27.7 Å². The molecule has 0 unspecified atom stereocenters. The summed E-state index contributed by atoms with van der Waals surface area (Å²) in [6.45, 7) is 10.6. The maximum atomic E-state index is 11.7. The quantitative estimate of drug-likeness (QED) is 0.608. The topological polar surface area (TPSA) is 43.4 Å². The summed E-state index contributed by atoms with van der Waals surface area (Å²) < 4.78 is 11.3. The average Bonchev–Trinajstić information content (AvgIpc) is 2.82. The number of benzene rings is 1. The smallest absolute Gasteiger partial charge is 0.336 e. The maximum Gasteiger partial charge on any atom is 0.336 e. The molecule has 0 bridgehead atoms. The molecule has 110 valence electrons. The molecule has 0 radical (unpaired) electrons. The van der Waals surface area contributed by atoms with Crippen LogP contribution in [0.2, 0.25) is 0 Å². The van der Waals surface area contributed by atoms with E-state index in [0.29, 0.717) is 5.58 Å². The van der Waals surface area contributed by atoms with Gasteiger partial charge in [-0.05, 0) is 36.0 Å². The average molecular weight is 284 g/mol. The van der Waals surface area contributed by atoms with Crippen LogP contribution >= 0.6 is 0 Å². The summed E-state index contributed by atoms with van der Waals surface area (Å²) in [5.74, 6) is 0. The van der Waals surface area contributed by atoms with Gasteiger partial charge in [-0.2, -0.15) is 0 Å². The lowest BCUT2D eigenvalue weighted by Gasteiger charge is -2.17. The number of hydrogen-bond acceptors (Lipinski definition) is 3. The maximum absolute atomic E-state index is 11.7. The minimum Gasteiger partial charge on any atom is -0.463 e. The number of rotatable bonds is 1. The monoisotopic (exact) mass is 284 g/mol. The molecule has 0 aliphatic carbocycles. The molecule has 3 heteroatoms. The van der Waals surface area contributed by atoms with Crippen LogP contribution in [0, 0.1) is 6.92 Å². The molecule has 1 aromatic carbocycles. The van der Waals surface area contributed by atoms with Crippen LogP contribution in [-0.4, -0.2) is 0 Å². The van der Waals surface area contributed by atoms with Gasteiger partial charge < -0.3 is 8.83 Å². The molecule has 0 aliphatic heterocycles. The predicted molar refractivity (Wildman–Crippen MR) is 85.1 cm³/mol. The highest BCUT2D eigenvalue weighted by Crippen LogP contribution is 2.38. The third-order valence-electron chi connectivity index (χ3n) is 4.02. The molecule has 0 aliphatic rings. The van der Waals surface area contributed by atoms with Crippen molar-refractivity contribution < 1.29 is 8.83 Å². The first kappa shape index (κ1) is 13.9. The molecule has 0 spiro atoms. The number of aryl methyl sites for hydroxylation is 2. The van der Waals surface area contributed by atoms with E-state index >= 15 is 0 Å². The van der Waals surface area contributed by atoms with Crippen LogP contribution in [-0.2, 0) is 11.8 Å². The Morgan fingerprint density at radius 1 is 1.14 bits per heavy atom. The van der Waals surface area contributed by atoms with Gasteiger partial charge in [0.05, 0.1) is 11.6 Å². The zero-order valence-electron chi connectivity index (χ0n) is 13.2. The molecule has 0 N–H and O–H groups in total. The van der Waals surface area contributed by atoms with Crippen LogP contribution in [0.1, 0.15) is 44.4 Å². The summed E-state index contributed by atoms with van der Waals surface area (Å²) in [5, 5.41) is 2.06. The molecule has 2 aromatic heterocycles. The Morgan fingerprint density at radius 2 is 1.86 bits per heavy atom. The van der Waals surface area contributed by atoms with Crippen molar-refractivity contribution in [3.63, 3.8) is 0 Å². The van der Waals surface area contributed by atoms with Gasteiger partial charge >= 0.3 is 5.63 Å². The van der Waals surface area contributed by atoms with Crippen molar-refractivity contribution in [3.05, 3.63) is 45.5 Å². The summed E-state index contributed by atoms with van der Waals surface area (Å²) in [4.78, 5) is 11.7. The Bertz CT molecular complexity index is 889. The van der Waals surface area contributed by atoms with E-state index in [1.54, 1.807) is 6.07 Å². The van der Waals surface area contributed by atoms with Gasteiger partial charge in [0.15, 0.2) is 0 Å². The van der Waals surface area contributed by atoms with Crippen LogP contribution < -0.4 is 5.63 Å². The van der Waals surface area contributed by atoms with Crippen LogP contribution in [0.25, 0.3) is 21.9 Å². The van der Waals surface area contributed by atoms with Crippen molar-refractivity contribution in [2.75, 3.05) is 0 Å². The summed E-state index contributed by atoms with van der Waals surface area (Å²) >= 11 is 0. The van der Waals surface area contributed by atoms with E-state index in [0.717, 1.165) is 33.9 Å². The van der Waals surface area contributed by atoms with Crippen LogP contribution in [0.3, 0.4) is 0 Å². The zero-order chi connectivity index (χ0) is 15.4. The molecular weight excluding hydrogens is 264 g/mol.